The number of hydrogen-bond donors (Lipinski definition) is 1. The minimum atomic E-state index is -0.324. The highest BCUT2D eigenvalue weighted by molar-refractivity contribution is 5.47. The van der Waals surface area contributed by atoms with Crippen LogP contribution in [0.2, 0.25) is 0 Å². The van der Waals surface area contributed by atoms with Crippen LogP contribution in [-0.2, 0) is 6.42 Å². The third kappa shape index (κ3) is 4.95. The van der Waals surface area contributed by atoms with E-state index in [2.05, 4.69) is 43.0 Å². The summed E-state index contributed by atoms with van der Waals surface area (Å²) in [5, 5.41) is 0. The summed E-state index contributed by atoms with van der Waals surface area (Å²) >= 11 is 0. The van der Waals surface area contributed by atoms with E-state index in [1.54, 1.807) is 12.1 Å². The summed E-state index contributed by atoms with van der Waals surface area (Å²) in [5.41, 5.74) is 9.31. The van der Waals surface area contributed by atoms with Gasteiger partial charge >= 0.3 is 0 Å². The van der Waals surface area contributed by atoms with Crippen molar-refractivity contribution in [3.8, 4) is 5.75 Å². The molecule has 0 saturated heterocycles. The highest BCUT2D eigenvalue weighted by Gasteiger charge is 2.14. The Balaban J connectivity index is 2.12. The average Bonchev–Trinajstić information content (AvgIpc) is 2.64. The maximum atomic E-state index is 14.1. The maximum absolute atomic E-state index is 14.1. The number of nitrogens with zero attached hydrogens (tertiary/aromatic N) is 1. The van der Waals surface area contributed by atoms with Crippen LogP contribution in [0.1, 0.15) is 37.8 Å². The van der Waals surface area contributed by atoms with Gasteiger partial charge in [-0.15, -0.1) is 0 Å². The van der Waals surface area contributed by atoms with Gasteiger partial charge in [-0.25, -0.2) is 4.39 Å². The molecule has 0 saturated carbocycles. The van der Waals surface area contributed by atoms with Crippen molar-refractivity contribution in [3.63, 3.8) is 0 Å². The summed E-state index contributed by atoms with van der Waals surface area (Å²) in [6.45, 7) is 9.07. The highest BCUT2D eigenvalue weighted by atomic mass is 19.1. The van der Waals surface area contributed by atoms with Crippen molar-refractivity contribution in [2.45, 2.75) is 33.1 Å². The Kier molecular flexibility index (Phi) is 7.26. The molecule has 0 fully saturated rings. The van der Waals surface area contributed by atoms with Gasteiger partial charge in [0.1, 0.15) is 0 Å². The van der Waals surface area contributed by atoms with Crippen molar-refractivity contribution in [2.24, 2.45) is 5.73 Å². The van der Waals surface area contributed by atoms with Gasteiger partial charge in [0.25, 0.3) is 0 Å². The molecule has 0 spiro atoms. The minimum absolute atomic E-state index is 0.0875. The standard InChI is InChI=1S/C21H29FN2O/c1-4-24(5-2)19-10-7-16(8-11-19)13-18(15-23)17-9-12-21(25-6-3)20(22)14-17/h7-12,14,18H,4-6,13,15,23H2,1-3H3. The van der Waals surface area contributed by atoms with Gasteiger partial charge in [0, 0.05) is 24.7 Å². The predicted molar refractivity (Wildman–Crippen MR) is 103 cm³/mol. The van der Waals surface area contributed by atoms with Crippen LogP contribution in [0.25, 0.3) is 0 Å². The Morgan fingerprint density at radius 2 is 1.72 bits per heavy atom. The van der Waals surface area contributed by atoms with Gasteiger partial charge in [0.05, 0.1) is 6.61 Å². The molecular formula is C21H29FN2O. The van der Waals surface area contributed by atoms with Crippen molar-refractivity contribution >= 4 is 5.69 Å². The SMILES string of the molecule is CCOc1ccc(C(CN)Cc2ccc(N(CC)CC)cc2)cc1F. The van der Waals surface area contributed by atoms with Crippen molar-refractivity contribution in [1.82, 2.24) is 0 Å². The fraction of sp³-hybridized carbons (Fsp3) is 0.429. The fourth-order valence-electron chi connectivity index (χ4n) is 3.10. The minimum Gasteiger partial charge on any atom is -0.491 e. The van der Waals surface area contributed by atoms with Gasteiger partial charge in [-0.1, -0.05) is 18.2 Å². The Morgan fingerprint density at radius 1 is 1.04 bits per heavy atom. The molecular weight excluding hydrogens is 315 g/mol. The summed E-state index contributed by atoms with van der Waals surface area (Å²) in [7, 11) is 0. The predicted octanol–water partition coefficient (Wildman–Crippen LogP) is 4.36. The topological polar surface area (TPSA) is 38.5 Å². The molecule has 0 heterocycles. The molecule has 2 N–H and O–H groups in total. The number of hydrogen-bond acceptors (Lipinski definition) is 3. The van der Waals surface area contributed by atoms with Gasteiger partial charge in [-0.2, -0.15) is 0 Å². The Labute approximate surface area is 150 Å². The van der Waals surface area contributed by atoms with Crippen molar-refractivity contribution in [3.05, 3.63) is 59.4 Å². The quantitative estimate of drug-likeness (QED) is 0.735. The molecule has 1 unspecified atom stereocenters. The van der Waals surface area contributed by atoms with E-state index in [4.69, 9.17) is 10.5 Å². The van der Waals surface area contributed by atoms with Crippen molar-refractivity contribution in [2.75, 3.05) is 31.1 Å². The molecule has 0 aliphatic heterocycles. The smallest absolute Gasteiger partial charge is 0.165 e. The van der Waals surface area contributed by atoms with Crippen LogP contribution < -0.4 is 15.4 Å². The van der Waals surface area contributed by atoms with Gasteiger partial charge in [0.15, 0.2) is 11.6 Å². The molecule has 2 aromatic rings. The Hall–Kier alpha value is -2.07. The molecule has 25 heavy (non-hydrogen) atoms. The van der Waals surface area contributed by atoms with Crippen LogP contribution in [0.3, 0.4) is 0 Å². The van der Waals surface area contributed by atoms with Gasteiger partial charge in [0.2, 0.25) is 0 Å². The molecule has 136 valence electrons. The number of halogens is 1. The van der Waals surface area contributed by atoms with Crippen molar-refractivity contribution < 1.29 is 9.13 Å². The molecule has 2 aromatic carbocycles. The van der Waals surface area contributed by atoms with E-state index in [0.29, 0.717) is 18.9 Å². The number of benzene rings is 2. The molecule has 2 rings (SSSR count). The lowest BCUT2D eigenvalue weighted by molar-refractivity contribution is 0.321. The molecule has 0 aliphatic carbocycles. The van der Waals surface area contributed by atoms with E-state index in [-0.39, 0.29) is 11.7 Å². The molecule has 0 radical (unpaired) electrons. The molecule has 0 bridgehead atoms. The molecule has 3 nitrogen and oxygen atoms in total. The van der Waals surface area contributed by atoms with Crippen LogP contribution >= 0.6 is 0 Å². The summed E-state index contributed by atoms with van der Waals surface area (Å²) in [6.07, 6.45) is 0.794. The zero-order chi connectivity index (χ0) is 18.2. The lowest BCUT2D eigenvalue weighted by atomic mass is 9.92. The number of rotatable bonds is 9. The van der Waals surface area contributed by atoms with Crippen molar-refractivity contribution in [1.29, 1.82) is 0 Å². The summed E-state index contributed by atoms with van der Waals surface area (Å²) in [4.78, 5) is 2.31. The van der Waals surface area contributed by atoms with Gasteiger partial charge in [-0.05, 0) is 69.1 Å². The fourth-order valence-corrected chi connectivity index (χ4v) is 3.10. The monoisotopic (exact) mass is 344 g/mol. The molecule has 0 aliphatic rings. The first-order chi connectivity index (χ1) is 12.1. The van der Waals surface area contributed by atoms with Crippen LogP contribution in [0.4, 0.5) is 10.1 Å². The molecule has 0 amide bonds. The first-order valence-corrected chi connectivity index (χ1v) is 9.09. The van der Waals surface area contributed by atoms with E-state index < -0.39 is 0 Å². The second kappa shape index (κ2) is 9.42. The van der Waals surface area contributed by atoms with Crippen LogP contribution in [0.15, 0.2) is 42.5 Å². The second-order valence-electron chi connectivity index (χ2n) is 6.10. The third-order valence-corrected chi connectivity index (χ3v) is 4.56. The number of anilines is 1. The Morgan fingerprint density at radius 3 is 2.24 bits per heavy atom. The van der Waals surface area contributed by atoms with E-state index in [1.807, 2.05) is 13.0 Å². The number of ether oxygens (including phenoxy) is 1. The zero-order valence-corrected chi connectivity index (χ0v) is 15.5. The summed E-state index contributed by atoms with van der Waals surface area (Å²) in [5.74, 6) is 0.0600. The van der Waals surface area contributed by atoms with Crippen LogP contribution in [-0.4, -0.2) is 26.2 Å². The first-order valence-electron chi connectivity index (χ1n) is 9.09. The van der Waals surface area contributed by atoms with Gasteiger partial charge < -0.3 is 15.4 Å². The van der Waals surface area contributed by atoms with E-state index in [1.165, 1.54) is 11.3 Å². The van der Waals surface area contributed by atoms with E-state index in [9.17, 15) is 4.39 Å². The van der Waals surface area contributed by atoms with Gasteiger partial charge in [-0.3, -0.25) is 0 Å². The van der Waals surface area contributed by atoms with Crippen LogP contribution in [0.5, 0.6) is 5.75 Å². The molecule has 1 atom stereocenters. The normalized spacial score (nSPS) is 12.0. The van der Waals surface area contributed by atoms with Crippen LogP contribution in [0, 0.1) is 5.82 Å². The zero-order valence-electron chi connectivity index (χ0n) is 15.5. The summed E-state index contributed by atoms with van der Waals surface area (Å²) < 4.78 is 19.4. The molecule has 4 heteroatoms. The van der Waals surface area contributed by atoms with E-state index >= 15 is 0 Å². The Bertz CT molecular complexity index is 653. The average molecular weight is 344 g/mol. The van der Waals surface area contributed by atoms with E-state index in [0.717, 1.165) is 25.1 Å². The number of nitrogens with two attached hydrogens (primary N) is 1. The lowest BCUT2D eigenvalue weighted by Crippen LogP contribution is -2.21. The maximum Gasteiger partial charge on any atom is 0.165 e. The first kappa shape index (κ1) is 19.3. The second-order valence-corrected chi connectivity index (χ2v) is 6.10. The lowest BCUT2D eigenvalue weighted by Gasteiger charge is -2.22. The highest BCUT2D eigenvalue weighted by Crippen LogP contribution is 2.26. The third-order valence-electron chi connectivity index (χ3n) is 4.56. The summed E-state index contributed by atoms with van der Waals surface area (Å²) in [6, 6.07) is 13.7. The largest absolute Gasteiger partial charge is 0.491 e. The molecule has 0 aromatic heterocycles.